The van der Waals surface area contributed by atoms with Gasteiger partial charge in [-0.1, -0.05) is 13.8 Å². The molecule has 0 saturated carbocycles. The number of rotatable bonds is 4. The Morgan fingerprint density at radius 1 is 1.62 bits per heavy atom. The normalized spacial score (nSPS) is 20.1. The molecule has 1 fully saturated rings. The van der Waals surface area contributed by atoms with E-state index < -0.39 is 5.41 Å². The van der Waals surface area contributed by atoms with Gasteiger partial charge < -0.3 is 10.6 Å². The highest BCUT2D eigenvalue weighted by atomic mass is 16.2. The van der Waals surface area contributed by atoms with Crippen LogP contribution in [0.25, 0.3) is 0 Å². The molecule has 0 aromatic rings. The molecule has 1 saturated heterocycles. The molecule has 5 nitrogen and oxygen atoms in total. The van der Waals surface area contributed by atoms with Crippen LogP contribution in [0.4, 0.5) is 0 Å². The van der Waals surface area contributed by atoms with E-state index in [1.807, 2.05) is 13.8 Å². The first-order valence-electron chi connectivity index (χ1n) is 5.57. The van der Waals surface area contributed by atoms with Crippen LogP contribution < -0.4 is 10.6 Å². The van der Waals surface area contributed by atoms with E-state index in [1.165, 1.54) is 0 Å². The Kier molecular flexibility index (Phi) is 3.88. The molecule has 1 aliphatic rings. The van der Waals surface area contributed by atoms with Crippen molar-refractivity contribution in [3.05, 3.63) is 0 Å². The van der Waals surface area contributed by atoms with Crippen molar-refractivity contribution in [3.8, 4) is 6.07 Å². The Labute approximate surface area is 95.2 Å². The quantitative estimate of drug-likeness (QED) is 0.720. The van der Waals surface area contributed by atoms with Crippen LogP contribution in [0.1, 0.15) is 33.1 Å². The highest BCUT2D eigenvalue weighted by Gasteiger charge is 2.37. The molecule has 1 rings (SSSR count). The van der Waals surface area contributed by atoms with Crippen molar-refractivity contribution in [2.45, 2.75) is 39.2 Å². The lowest BCUT2D eigenvalue weighted by molar-refractivity contribution is -0.129. The molecule has 1 atom stereocenters. The molecule has 0 aliphatic carbocycles. The van der Waals surface area contributed by atoms with Crippen LogP contribution in [-0.2, 0) is 9.59 Å². The number of hydrogen-bond donors (Lipinski definition) is 2. The summed E-state index contributed by atoms with van der Waals surface area (Å²) >= 11 is 0. The minimum Gasteiger partial charge on any atom is -0.354 e. The summed E-state index contributed by atoms with van der Waals surface area (Å²) in [6, 6.07) is 1.91. The van der Waals surface area contributed by atoms with Gasteiger partial charge in [-0.2, -0.15) is 5.26 Å². The molecule has 2 N–H and O–H groups in total. The summed E-state index contributed by atoms with van der Waals surface area (Å²) in [4.78, 5) is 22.9. The summed E-state index contributed by atoms with van der Waals surface area (Å²) in [7, 11) is 0. The van der Waals surface area contributed by atoms with Crippen LogP contribution in [0.5, 0.6) is 0 Å². The number of carbonyl (C=O) groups is 2. The molecule has 16 heavy (non-hydrogen) atoms. The van der Waals surface area contributed by atoms with E-state index in [1.54, 1.807) is 0 Å². The zero-order chi connectivity index (χ0) is 12.2. The van der Waals surface area contributed by atoms with Crippen molar-refractivity contribution in [2.24, 2.45) is 5.41 Å². The van der Waals surface area contributed by atoms with Crippen molar-refractivity contribution in [1.29, 1.82) is 5.26 Å². The van der Waals surface area contributed by atoms with Crippen molar-refractivity contribution in [3.63, 3.8) is 0 Å². The fourth-order valence-corrected chi connectivity index (χ4v) is 1.81. The lowest BCUT2D eigenvalue weighted by atomic mass is 9.83. The third-order valence-electron chi connectivity index (χ3n) is 3.17. The number of nitrogens with one attached hydrogen (secondary N) is 2. The third kappa shape index (κ3) is 2.32. The van der Waals surface area contributed by atoms with Crippen molar-refractivity contribution in [1.82, 2.24) is 10.6 Å². The number of nitriles is 1. The summed E-state index contributed by atoms with van der Waals surface area (Å²) in [5.41, 5.74) is -0.953. The average molecular weight is 223 g/mol. The Morgan fingerprint density at radius 2 is 2.25 bits per heavy atom. The standard InChI is InChI=1S/C11H17N3O2/c1-3-11(4-2,7-12)10(16)14-8-5-9(15)13-6-8/h8H,3-6H2,1-2H3,(H,13,15)(H,14,16). The van der Waals surface area contributed by atoms with E-state index in [2.05, 4.69) is 16.7 Å². The lowest BCUT2D eigenvalue weighted by Gasteiger charge is -2.24. The topological polar surface area (TPSA) is 82.0 Å². The molecule has 1 unspecified atom stereocenters. The van der Waals surface area contributed by atoms with Gasteiger partial charge in [0, 0.05) is 13.0 Å². The van der Waals surface area contributed by atoms with Gasteiger partial charge in [0.1, 0.15) is 5.41 Å². The molecule has 0 aromatic heterocycles. The molecule has 1 heterocycles. The summed E-state index contributed by atoms with van der Waals surface area (Å²) in [5.74, 6) is -0.317. The van der Waals surface area contributed by atoms with Gasteiger partial charge in [-0.25, -0.2) is 0 Å². The molecule has 0 bridgehead atoms. The minimum atomic E-state index is -0.953. The Hall–Kier alpha value is -1.57. The molecule has 0 spiro atoms. The molecule has 0 aromatic carbocycles. The predicted molar refractivity (Wildman–Crippen MR) is 58.2 cm³/mol. The van der Waals surface area contributed by atoms with Crippen molar-refractivity contribution in [2.75, 3.05) is 6.54 Å². The molecular formula is C11H17N3O2. The number of carbonyl (C=O) groups excluding carboxylic acids is 2. The predicted octanol–water partition coefficient (Wildman–Crippen LogP) is 0.321. The van der Waals surface area contributed by atoms with Gasteiger partial charge in [-0.15, -0.1) is 0 Å². The third-order valence-corrected chi connectivity index (χ3v) is 3.17. The van der Waals surface area contributed by atoms with Crippen LogP contribution in [0.2, 0.25) is 0 Å². The zero-order valence-corrected chi connectivity index (χ0v) is 9.67. The maximum atomic E-state index is 11.9. The lowest BCUT2D eigenvalue weighted by Crippen LogP contribution is -2.45. The highest BCUT2D eigenvalue weighted by molar-refractivity contribution is 5.87. The van der Waals surface area contributed by atoms with E-state index in [0.29, 0.717) is 25.8 Å². The molecular weight excluding hydrogens is 206 g/mol. The fraction of sp³-hybridized carbons (Fsp3) is 0.727. The Bertz CT molecular complexity index is 329. The molecule has 5 heteroatoms. The highest BCUT2D eigenvalue weighted by Crippen LogP contribution is 2.25. The Morgan fingerprint density at radius 3 is 2.62 bits per heavy atom. The summed E-state index contributed by atoms with van der Waals surface area (Å²) in [6.07, 6.45) is 1.28. The smallest absolute Gasteiger partial charge is 0.240 e. The first-order chi connectivity index (χ1) is 7.57. The van der Waals surface area contributed by atoms with Gasteiger partial charge in [0.15, 0.2) is 0 Å². The van der Waals surface area contributed by atoms with E-state index >= 15 is 0 Å². The van der Waals surface area contributed by atoms with Crippen LogP contribution in [-0.4, -0.2) is 24.4 Å². The number of hydrogen-bond acceptors (Lipinski definition) is 3. The summed E-state index contributed by atoms with van der Waals surface area (Å²) in [6.45, 7) is 4.11. The SMILES string of the molecule is CCC(C#N)(CC)C(=O)NC1CNC(=O)C1. The maximum Gasteiger partial charge on any atom is 0.240 e. The van der Waals surface area contributed by atoms with E-state index in [0.717, 1.165) is 0 Å². The minimum absolute atomic E-state index is 0.0548. The molecule has 1 aliphatic heterocycles. The van der Waals surface area contributed by atoms with Gasteiger partial charge in [-0.05, 0) is 12.8 Å². The van der Waals surface area contributed by atoms with Gasteiger partial charge in [-0.3, -0.25) is 9.59 Å². The van der Waals surface area contributed by atoms with Gasteiger partial charge in [0.25, 0.3) is 0 Å². The van der Waals surface area contributed by atoms with E-state index in [9.17, 15) is 9.59 Å². The van der Waals surface area contributed by atoms with E-state index in [-0.39, 0.29) is 17.9 Å². The van der Waals surface area contributed by atoms with Crippen molar-refractivity contribution < 1.29 is 9.59 Å². The first kappa shape index (κ1) is 12.5. The van der Waals surface area contributed by atoms with Crippen LogP contribution in [0.3, 0.4) is 0 Å². The second-order valence-corrected chi connectivity index (χ2v) is 4.08. The van der Waals surface area contributed by atoms with Crippen molar-refractivity contribution >= 4 is 11.8 Å². The average Bonchev–Trinajstić information content (AvgIpc) is 2.67. The number of amides is 2. The maximum absolute atomic E-state index is 11.9. The van der Waals surface area contributed by atoms with Crippen LogP contribution in [0, 0.1) is 16.7 Å². The molecule has 88 valence electrons. The van der Waals surface area contributed by atoms with Gasteiger partial charge in [0.2, 0.25) is 11.8 Å². The van der Waals surface area contributed by atoms with Gasteiger partial charge >= 0.3 is 0 Å². The van der Waals surface area contributed by atoms with Crippen LogP contribution >= 0.6 is 0 Å². The first-order valence-corrected chi connectivity index (χ1v) is 5.57. The fourth-order valence-electron chi connectivity index (χ4n) is 1.81. The van der Waals surface area contributed by atoms with Gasteiger partial charge in [0.05, 0.1) is 12.1 Å². The number of nitrogens with zero attached hydrogens (tertiary/aromatic N) is 1. The van der Waals surface area contributed by atoms with E-state index in [4.69, 9.17) is 5.26 Å². The zero-order valence-electron chi connectivity index (χ0n) is 9.67. The summed E-state index contributed by atoms with van der Waals surface area (Å²) < 4.78 is 0. The monoisotopic (exact) mass is 223 g/mol. The summed E-state index contributed by atoms with van der Waals surface area (Å²) in [5, 5.41) is 14.5. The molecule has 0 radical (unpaired) electrons. The second kappa shape index (κ2) is 4.97. The Balaban J connectivity index is 2.63. The second-order valence-electron chi connectivity index (χ2n) is 4.08. The van der Waals surface area contributed by atoms with Crippen LogP contribution in [0.15, 0.2) is 0 Å². The molecule has 2 amide bonds. The largest absolute Gasteiger partial charge is 0.354 e.